The summed E-state index contributed by atoms with van der Waals surface area (Å²) in [5.74, 6) is 6.46. The highest BCUT2D eigenvalue weighted by atomic mass is 16.5. The maximum absolute atomic E-state index is 10.1. The molecule has 0 radical (unpaired) electrons. The molecule has 156 valence electrons. The molecule has 1 aromatic carbocycles. The van der Waals surface area contributed by atoms with E-state index in [1.54, 1.807) is 0 Å². The van der Waals surface area contributed by atoms with Crippen LogP contribution in [0.3, 0.4) is 0 Å². The van der Waals surface area contributed by atoms with E-state index in [1.807, 2.05) is 39.0 Å². The van der Waals surface area contributed by atoms with Crippen LogP contribution in [0.25, 0.3) is 0 Å². The molecule has 1 aliphatic rings. The van der Waals surface area contributed by atoms with E-state index in [0.29, 0.717) is 29.9 Å². The van der Waals surface area contributed by atoms with Gasteiger partial charge in [0, 0.05) is 24.3 Å². The Balaban J connectivity index is 2.32. The Morgan fingerprint density at radius 2 is 2.07 bits per heavy atom. The number of hydrogen-bond donors (Lipinski definition) is 4. The minimum absolute atomic E-state index is 0.0233. The lowest BCUT2D eigenvalue weighted by atomic mass is 9.61. The molecule has 1 aromatic heterocycles. The molecule has 2 heterocycles. The zero-order valence-electron chi connectivity index (χ0n) is 17.4. The van der Waals surface area contributed by atoms with Gasteiger partial charge in [-0.05, 0) is 42.5 Å². The van der Waals surface area contributed by atoms with Crippen LogP contribution >= 0.6 is 0 Å². The molecule has 0 bridgehead atoms. The van der Waals surface area contributed by atoms with Gasteiger partial charge in [-0.15, -0.1) is 5.10 Å². The Hall–Kier alpha value is -3.26. The second-order valence-electron chi connectivity index (χ2n) is 7.65. The number of benzene rings is 1. The lowest BCUT2D eigenvalue weighted by Crippen LogP contribution is -2.41. The first-order chi connectivity index (χ1) is 14.4. The standard InChI is InChI=1S/C23H26N4O3/c1-14(2)23(19(12-24)21(25)30-22-20(23)15(3)26-27-22)18-10-16(7-5-4-6-8-28)9-17(11-18)13-29/h9-11,14,28-29H,4,6,8,13,25H2,1-3H3,(H,26,27)/t23-/m0/s1. The van der Waals surface area contributed by atoms with Gasteiger partial charge in [0.1, 0.15) is 11.6 Å². The van der Waals surface area contributed by atoms with Gasteiger partial charge in [0.05, 0.1) is 17.6 Å². The quantitative estimate of drug-likeness (QED) is 0.446. The van der Waals surface area contributed by atoms with Crippen molar-refractivity contribution in [3.63, 3.8) is 0 Å². The van der Waals surface area contributed by atoms with Crippen molar-refractivity contribution in [3.05, 3.63) is 57.6 Å². The summed E-state index contributed by atoms with van der Waals surface area (Å²) < 4.78 is 5.65. The van der Waals surface area contributed by atoms with Crippen molar-refractivity contribution in [3.8, 4) is 23.8 Å². The Morgan fingerprint density at radius 1 is 1.30 bits per heavy atom. The molecule has 0 saturated carbocycles. The molecule has 1 aliphatic heterocycles. The lowest BCUT2D eigenvalue weighted by Gasteiger charge is -2.41. The van der Waals surface area contributed by atoms with Gasteiger partial charge in [0.15, 0.2) is 0 Å². The van der Waals surface area contributed by atoms with Crippen molar-refractivity contribution < 1.29 is 14.9 Å². The van der Waals surface area contributed by atoms with E-state index in [0.717, 1.165) is 22.4 Å². The molecule has 0 aliphatic carbocycles. The van der Waals surface area contributed by atoms with Gasteiger partial charge in [0.25, 0.3) is 0 Å². The molecule has 30 heavy (non-hydrogen) atoms. The summed E-state index contributed by atoms with van der Waals surface area (Å²) in [4.78, 5) is 0. The van der Waals surface area contributed by atoms with Gasteiger partial charge in [-0.1, -0.05) is 31.8 Å². The number of nitrogens with two attached hydrogens (primary N) is 1. The summed E-state index contributed by atoms with van der Waals surface area (Å²) in [6, 6.07) is 7.89. The number of rotatable bonds is 5. The van der Waals surface area contributed by atoms with Crippen molar-refractivity contribution in [2.45, 2.75) is 45.6 Å². The summed E-state index contributed by atoms with van der Waals surface area (Å²) >= 11 is 0. The molecular weight excluding hydrogens is 380 g/mol. The molecule has 0 saturated heterocycles. The van der Waals surface area contributed by atoms with E-state index in [2.05, 4.69) is 28.1 Å². The highest BCUT2D eigenvalue weighted by Crippen LogP contribution is 2.52. The van der Waals surface area contributed by atoms with Gasteiger partial charge in [-0.3, -0.25) is 5.10 Å². The van der Waals surface area contributed by atoms with Crippen LogP contribution in [0, 0.1) is 36.0 Å². The Kier molecular flexibility index (Phi) is 6.17. The summed E-state index contributed by atoms with van der Waals surface area (Å²) in [6.45, 7) is 5.84. The number of unbranched alkanes of at least 4 members (excludes halogenated alkanes) is 1. The van der Waals surface area contributed by atoms with E-state index < -0.39 is 5.41 Å². The maximum atomic E-state index is 10.1. The average Bonchev–Trinajstić information content (AvgIpc) is 3.10. The minimum Gasteiger partial charge on any atom is -0.420 e. The maximum Gasteiger partial charge on any atom is 0.244 e. The van der Waals surface area contributed by atoms with E-state index in [1.165, 1.54) is 0 Å². The fourth-order valence-corrected chi connectivity index (χ4v) is 4.18. The fraction of sp³-hybridized carbons (Fsp3) is 0.391. The van der Waals surface area contributed by atoms with Gasteiger partial charge in [-0.2, -0.15) is 5.26 Å². The molecule has 0 unspecified atom stereocenters. The van der Waals surface area contributed by atoms with Crippen molar-refractivity contribution >= 4 is 0 Å². The smallest absolute Gasteiger partial charge is 0.244 e. The van der Waals surface area contributed by atoms with Crippen molar-refractivity contribution in [1.29, 1.82) is 5.26 Å². The van der Waals surface area contributed by atoms with E-state index >= 15 is 0 Å². The van der Waals surface area contributed by atoms with Crippen LogP contribution in [0.15, 0.2) is 29.7 Å². The molecule has 0 spiro atoms. The molecule has 3 rings (SSSR count). The predicted molar refractivity (Wildman–Crippen MR) is 112 cm³/mol. The SMILES string of the molecule is Cc1[nH]nc2c1[C@](c1cc(C#CCCCO)cc(CO)c1)(C(C)C)C(C#N)=C(N)O2. The third-order valence-corrected chi connectivity index (χ3v) is 5.46. The average molecular weight is 406 g/mol. The van der Waals surface area contributed by atoms with E-state index in [9.17, 15) is 10.4 Å². The largest absolute Gasteiger partial charge is 0.420 e. The summed E-state index contributed by atoms with van der Waals surface area (Å²) in [7, 11) is 0. The van der Waals surface area contributed by atoms with Crippen molar-refractivity contribution in [1.82, 2.24) is 10.2 Å². The summed E-state index contributed by atoms with van der Waals surface area (Å²) in [5.41, 5.74) is 9.31. The summed E-state index contributed by atoms with van der Waals surface area (Å²) in [6.07, 6.45) is 1.17. The number of aliphatic hydroxyl groups is 2. The van der Waals surface area contributed by atoms with Gasteiger partial charge in [-0.25, -0.2) is 0 Å². The number of aliphatic hydroxyl groups excluding tert-OH is 2. The number of hydrogen-bond acceptors (Lipinski definition) is 6. The minimum atomic E-state index is -0.907. The normalized spacial score (nSPS) is 17.8. The van der Waals surface area contributed by atoms with Crippen LogP contribution in [0.4, 0.5) is 0 Å². The van der Waals surface area contributed by atoms with Crippen LogP contribution in [0.2, 0.25) is 0 Å². The van der Waals surface area contributed by atoms with Gasteiger partial charge < -0.3 is 20.7 Å². The fourth-order valence-electron chi connectivity index (χ4n) is 4.18. The first-order valence-electron chi connectivity index (χ1n) is 9.88. The van der Waals surface area contributed by atoms with Crippen LogP contribution in [-0.2, 0) is 12.0 Å². The number of aromatic nitrogens is 2. The van der Waals surface area contributed by atoms with Gasteiger partial charge >= 0.3 is 0 Å². The van der Waals surface area contributed by atoms with Crippen molar-refractivity contribution in [2.75, 3.05) is 6.61 Å². The number of nitriles is 1. The number of nitrogens with one attached hydrogen (secondary N) is 1. The number of aryl methyl sites for hydroxylation is 1. The number of ether oxygens (including phenoxy) is 1. The van der Waals surface area contributed by atoms with Crippen LogP contribution < -0.4 is 10.5 Å². The van der Waals surface area contributed by atoms with Gasteiger partial charge in [0.2, 0.25) is 11.8 Å². The number of H-pyrrole nitrogens is 1. The molecule has 7 nitrogen and oxygen atoms in total. The number of allylic oxidation sites excluding steroid dienone is 1. The van der Waals surface area contributed by atoms with E-state index in [4.69, 9.17) is 15.6 Å². The van der Waals surface area contributed by atoms with E-state index in [-0.39, 0.29) is 25.0 Å². The second kappa shape index (κ2) is 8.62. The molecule has 7 heteroatoms. The zero-order valence-corrected chi connectivity index (χ0v) is 17.4. The number of fused-ring (bicyclic) bond motifs is 1. The number of aromatic amines is 1. The molecule has 2 aromatic rings. The first-order valence-corrected chi connectivity index (χ1v) is 9.88. The molecular formula is C23H26N4O3. The van der Waals surface area contributed by atoms with Crippen LogP contribution in [0.5, 0.6) is 5.88 Å². The third kappa shape index (κ3) is 3.43. The first kappa shape index (κ1) is 21.4. The molecule has 0 fully saturated rings. The zero-order chi connectivity index (χ0) is 21.9. The van der Waals surface area contributed by atoms with Crippen molar-refractivity contribution in [2.24, 2.45) is 11.7 Å². The topological polar surface area (TPSA) is 128 Å². The summed E-state index contributed by atoms with van der Waals surface area (Å²) in [5, 5.41) is 36.1. The highest BCUT2D eigenvalue weighted by molar-refractivity contribution is 5.63. The number of nitrogens with zero attached hydrogens (tertiary/aromatic N) is 2. The Bertz CT molecular complexity index is 1080. The highest BCUT2D eigenvalue weighted by Gasteiger charge is 2.50. The molecule has 0 amide bonds. The monoisotopic (exact) mass is 406 g/mol. The van der Waals surface area contributed by atoms with Crippen LogP contribution in [-0.4, -0.2) is 27.0 Å². The molecule has 1 atom stereocenters. The Morgan fingerprint density at radius 3 is 2.70 bits per heavy atom. The lowest BCUT2D eigenvalue weighted by molar-refractivity contribution is 0.281. The predicted octanol–water partition coefficient (Wildman–Crippen LogP) is 2.36. The van der Waals surface area contributed by atoms with Crippen LogP contribution in [0.1, 0.15) is 54.6 Å². The second-order valence-corrected chi connectivity index (χ2v) is 7.65. The molecule has 5 N–H and O–H groups in total. The third-order valence-electron chi connectivity index (χ3n) is 5.46. The Labute approximate surface area is 176 Å².